The second-order valence-electron chi connectivity index (χ2n) is 12.4. The number of oxazole rings is 1. The molecule has 9 nitrogen and oxygen atoms in total. The number of amides is 1. The molecular weight excluding hydrogens is 683 g/mol. The van der Waals surface area contributed by atoms with Crippen molar-refractivity contribution in [1.29, 1.82) is 0 Å². The van der Waals surface area contributed by atoms with Gasteiger partial charge in [-0.25, -0.2) is 9.37 Å². The number of aliphatic hydroxyl groups is 1. The van der Waals surface area contributed by atoms with Crippen LogP contribution in [0.5, 0.6) is 11.5 Å². The van der Waals surface area contributed by atoms with Crippen LogP contribution >= 0.6 is 11.8 Å². The third-order valence-electron chi connectivity index (χ3n) is 8.88. The van der Waals surface area contributed by atoms with Gasteiger partial charge in [-0.15, -0.1) is 20.5 Å². The molecule has 15 heteroatoms. The number of nitrogens with zero attached hydrogens (tertiary/aromatic N) is 3. The number of carbonyl (C=O) groups is 1. The quantitative estimate of drug-likeness (QED) is 0.130. The number of hydrogen-bond donors (Lipinski definition) is 2. The van der Waals surface area contributed by atoms with E-state index in [-0.39, 0.29) is 52.6 Å². The van der Waals surface area contributed by atoms with Crippen LogP contribution in [-0.2, 0) is 24.4 Å². The van der Waals surface area contributed by atoms with E-state index < -0.39 is 42.2 Å². The van der Waals surface area contributed by atoms with Crippen LogP contribution in [0, 0.1) is 18.7 Å². The zero-order chi connectivity index (χ0) is 35.5. The van der Waals surface area contributed by atoms with Gasteiger partial charge in [-0.3, -0.25) is 9.48 Å². The van der Waals surface area contributed by atoms with Crippen LogP contribution in [0.1, 0.15) is 59.3 Å². The Kier molecular flexibility index (Phi) is 8.53. The average Bonchev–Trinajstić information content (AvgIpc) is 3.57. The van der Waals surface area contributed by atoms with E-state index >= 15 is 13.2 Å². The Hall–Kier alpha value is -4.63. The lowest BCUT2D eigenvalue weighted by Gasteiger charge is -2.23. The first-order valence-electron chi connectivity index (χ1n) is 15.8. The Balaban J connectivity index is 1.33. The number of ether oxygens (including phenoxy) is 2. The van der Waals surface area contributed by atoms with Gasteiger partial charge in [0.05, 0.1) is 12.3 Å². The first kappa shape index (κ1) is 33.8. The number of rotatable bonds is 10. The number of hydrogen-bond acceptors (Lipinski definition) is 8. The Labute approximate surface area is 287 Å². The molecule has 1 unspecified atom stereocenters. The van der Waals surface area contributed by atoms with Crippen LogP contribution in [0.2, 0.25) is 0 Å². The summed E-state index contributed by atoms with van der Waals surface area (Å²) in [5.74, 6) is -6.18. The van der Waals surface area contributed by atoms with E-state index in [4.69, 9.17) is 4.42 Å². The summed E-state index contributed by atoms with van der Waals surface area (Å²) in [7, 11) is 1.47. The number of fused-ring (bicyclic) bond motifs is 1. The Morgan fingerprint density at radius 3 is 2.62 bits per heavy atom. The normalized spacial score (nSPS) is 18.2. The molecule has 1 atom stereocenters. The molecule has 3 heterocycles. The zero-order valence-corrected chi connectivity index (χ0v) is 27.8. The topological polar surface area (TPSA) is 112 Å². The highest BCUT2D eigenvalue weighted by atomic mass is 32.2. The van der Waals surface area contributed by atoms with Gasteiger partial charge in [0.2, 0.25) is 0 Å². The lowest BCUT2D eigenvalue weighted by Crippen LogP contribution is -2.39. The number of aromatic nitrogens is 3. The lowest BCUT2D eigenvalue weighted by molar-refractivity contribution is -0.286. The molecule has 0 spiro atoms. The predicted molar refractivity (Wildman–Crippen MR) is 173 cm³/mol. The van der Waals surface area contributed by atoms with E-state index in [9.17, 15) is 18.7 Å². The molecule has 1 saturated carbocycles. The van der Waals surface area contributed by atoms with Gasteiger partial charge >= 0.3 is 12.2 Å². The predicted octanol–water partition coefficient (Wildman–Crippen LogP) is 7.33. The van der Waals surface area contributed by atoms with Gasteiger partial charge < -0.3 is 24.3 Å². The first-order chi connectivity index (χ1) is 23.8. The number of benzene rings is 2. The zero-order valence-electron chi connectivity index (χ0n) is 27.0. The summed E-state index contributed by atoms with van der Waals surface area (Å²) in [4.78, 5) is 17.6. The van der Waals surface area contributed by atoms with Gasteiger partial charge in [0, 0.05) is 53.6 Å². The Morgan fingerprint density at radius 1 is 1.14 bits per heavy atom. The lowest BCUT2D eigenvalue weighted by atomic mass is 9.83. The fourth-order valence-corrected chi connectivity index (χ4v) is 6.79. The van der Waals surface area contributed by atoms with Crippen LogP contribution in [0.4, 0.5) is 22.0 Å². The van der Waals surface area contributed by atoms with Crippen molar-refractivity contribution in [2.45, 2.75) is 55.8 Å². The molecule has 0 radical (unpaired) electrons. The van der Waals surface area contributed by atoms with Crippen molar-refractivity contribution >= 4 is 28.8 Å². The standard InChI is InChI=1S/C35H31F5N4O5S/c1-17-42-31(20-7-9-27-28(12-20)49-35(39,40)48-27)32(47-17)23-10-19(21-11-25(36)24(16-45)29(13-21)50-3)6-8-22(23)26-14-30(43-44(26)2)34(37,38)33(46)41-15-18-4-5-18/h7-14,18-19,45H,4-6,15-16H2,1-3H3,(H,41,46). The van der Waals surface area contributed by atoms with Crippen molar-refractivity contribution in [3.63, 3.8) is 0 Å². The Morgan fingerprint density at radius 2 is 1.90 bits per heavy atom. The maximum Gasteiger partial charge on any atom is 0.586 e. The molecule has 0 bridgehead atoms. The minimum atomic E-state index is -3.92. The van der Waals surface area contributed by atoms with E-state index in [1.54, 1.807) is 31.4 Å². The Bertz CT molecular complexity index is 2070. The summed E-state index contributed by atoms with van der Waals surface area (Å²) < 4.78 is 90.3. The van der Waals surface area contributed by atoms with E-state index in [2.05, 4.69) is 24.9 Å². The van der Waals surface area contributed by atoms with Gasteiger partial charge in [-0.2, -0.15) is 13.9 Å². The van der Waals surface area contributed by atoms with Crippen LogP contribution in [0.3, 0.4) is 0 Å². The summed E-state index contributed by atoms with van der Waals surface area (Å²) >= 11 is 1.28. The molecule has 7 rings (SSSR count). The molecule has 4 aromatic rings. The fourth-order valence-electron chi connectivity index (χ4n) is 6.13. The second-order valence-corrected chi connectivity index (χ2v) is 13.2. The highest BCUT2D eigenvalue weighted by Crippen LogP contribution is 2.47. The SMILES string of the molecule is CSc1cc(C2C=C(c3oc(C)nc3-c3ccc4c(c3)OC(F)(F)O4)C(c3cc(C(F)(F)C(=O)NCC4CC4)nn3C)=CC2)cc(F)c1CO. The third-order valence-corrected chi connectivity index (χ3v) is 9.69. The number of aryl methyl sites for hydroxylation is 2. The molecule has 262 valence electrons. The van der Waals surface area contributed by atoms with Crippen molar-refractivity contribution in [2.24, 2.45) is 13.0 Å². The van der Waals surface area contributed by atoms with Gasteiger partial charge in [0.15, 0.2) is 23.1 Å². The van der Waals surface area contributed by atoms with Gasteiger partial charge in [-0.05, 0) is 73.4 Å². The number of aliphatic hydroxyl groups excluding tert-OH is 1. The summed E-state index contributed by atoms with van der Waals surface area (Å²) in [6.07, 6.45) is 3.57. The minimum absolute atomic E-state index is 0.163. The largest absolute Gasteiger partial charge is 0.586 e. The molecule has 0 saturated heterocycles. The van der Waals surface area contributed by atoms with Crippen molar-refractivity contribution in [2.75, 3.05) is 12.8 Å². The molecule has 3 aliphatic rings. The summed E-state index contributed by atoms with van der Waals surface area (Å²) in [5.41, 5.74) is 1.62. The average molecular weight is 715 g/mol. The second kappa shape index (κ2) is 12.6. The molecule has 50 heavy (non-hydrogen) atoms. The summed E-state index contributed by atoms with van der Waals surface area (Å²) in [6, 6.07) is 8.42. The van der Waals surface area contributed by atoms with E-state index in [1.807, 2.05) is 0 Å². The van der Waals surface area contributed by atoms with Crippen molar-refractivity contribution < 1.29 is 45.7 Å². The number of allylic oxidation sites excluding steroid dienone is 4. The monoisotopic (exact) mass is 714 g/mol. The van der Waals surface area contributed by atoms with Crippen LogP contribution < -0.4 is 14.8 Å². The number of halogens is 5. The molecule has 2 aromatic carbocycles. The highest BCUT2D eigenvalue weighted by Gasteiger charge is 2.45. The van der Waals surface area contributed by atoms with Crippen LogP contribution in [-0.4, -0.2) is 44.9 Å². The number of alkyl halides is 4. The first-order valence-corrected chi connectivity index (χ1v) is 17.0. The smallest absolute Gasteiger partial charge is 0.440 e. The molecule has 1 fully saturated rings. The van der Waals surface area contributed by atoms with E-state index in [0.29, 0.717) is 33.6 Å². The third kappa shape index (κ3) is 6.28. The van der Waals surface area contributed by atoms with Crippen molar-refractivity contribution in [3.05, 3.63) is 88.5 Å². The van der Waals surface area contributed by atoms with Crippen molar-refractivity contribution in [1.82, 2.24) is 20.1 Å². The van der Waals surface area contributed by atoms with Crippen LogP contribution in [0.25, 0.3) is 22.4 Å². The minimum Gasteiger partial charge on any atom is -0.440 e. The number of carbonyl (C=O) groups excluding carboxylic acids is 1. The van der Waals surface area contributed by atoms with Gasteiger partial charge in [0.1, 0.15) is 17.2 Å². The molecule has 1 aliphatic heterocycles. The van der Waals surface area contributed by atoms with E-state index in [0.717, 1.165) is 18.9 Å². The summed E-state index contributed by atoms with van der Waals surface area (Å²) in [6.45, 7) is 1.28. The van der Waals surface area contributed by atoms with E-state index in [1.165, 1.54) is 47.8 Å². The maximum absolute atomic E-state index is 15.4. The van der Waals surface area contributed by atoms with Gasteiger partial charge in [-0.1, -0.05) is 12.2 Å². The van der Waals surface area contributed by atoms with Gasteiger partial charge in [0.25, 0.3) is 5.91 Å². The summed E-state index contributed by atoms with van der Waals surface area (Å²) in [5, 5.41) is 16.1. The number of nitrogens with one attached hydrogen (secondary N) is 1. The highest BCUT2D eigenvalue weighted by molar-refractivity contribution is 7.98. The number of thioether (sulfide) groups is 1. The molecule has 2 N–H and O–H groups in total. The van der Waals surface area contributed by atoms with Crippen LogP contribution in [0.15, 0.2) is 57.9 Å². The maximum atomic E-state index is 15.4. The van der Waals surface area contributed by atoms with Crippen molar-refractivity contribution in [3.8, 4) is 22.8 Å². The molecule has 2 aliphatic carbocycles. The molecule has 2 aromatic heterocycles. The fraction of sp³-hybridized carbons (Fsp3) is 0.343. The molecule has 1 amide bonds. The molecular formula is C35H31F5N4O5S.